The lowest BCUT2D eigenvalue weighted by molar-refractivity contribution is -0.120. The number of nitrogens with zero attached hydrogens (tertiary/aromatic N) is 1. The summed E-state index contributed by atoms with van der Waals surface area (Å²) in [6.45, 7) is 7.14. The van der Waals surface area contributed by atoms with E-state index in [2.05, 4.69) is 24.5 Å². The predicted octanol–water partition coefficient (Wildman–Crippen LogP) is -0.226. The first kappa shape index (κ1) is 16.4. The molecule has 1 saturated heterocycles. The Labute approximate surface area is 116 Å². The molecule has 0 aromatic heterocycles. The van der Waals surface area contributed by atoms with Crippen LogP contribution in [-0.2, 0) is 14.8 Å². The second-order valence-electron chi connectivity index (χ2n) is 5.25. The molecule has 19 heavy (non-hydrogen) atoms. The molecule has 0 atom stereocenters. The summed E-state index contributed by atoms with van der Waals surface area (Å²) in [5.41, 5.74) is 0. The van der Waals surface area contributed by atoms with Crippen LogP contribution in [0.25, 0.3) is 0 Å². The number of sulfonamides is 1. The molecule has 1 aliphatic heterocycles. The first-order valence-electron chi connectivity index (χ1n) is 6.87. The van der Waals surface area contributed by atoms with Gasteiger partial charge in [0.15, 0.2) is 0 Å². The molecule has 2 N–H and O–H groups in total. The quantitative estimate of drug-likeness (QED) is 0.679. The fraction of sp³-hybridized carbons (Fsp3) is 0.917. The molecule has 7 heteroatoms. The molecule has 1 fully saturated rings. The van der Waals surface area contributed by atoms with Crippen LogP contribution in [-0.4, -0.2) is 57.1 Å². The molecule has 1 rings (SSSR count). The minimum absolute atomic E-state index is 0.0460. The zero-order chi connectivity index (χ0) is 14.3. The maximum absolute atomic E-state index is 12.0. The smallest absolute Gasteiger partial charge is 0.221 e. The molecule has 1 heterocycles. The number of hydrogen-bond acceptors (Lipinski definition) is 4. The Hall–Kier alpha value is -0.660. The Morgan fingerprint density at radius 2 is 1.95 bits per heavy atom. The first-order valence-corrected chi connectivity index (χ1v) is 8.48. The largest absolute Gasteiger partial charge is 0.356 e. The van der Waals surface area contributed by atoms with E-state index in [-0.39, 0.29) is 18.1 Å². The second kappa shape index (κ2) is 7.81. The molecule has 112 valence electrons. The van der Waals surface area contributed by atoms with Gasteiger partial charge in [-0.2, -0.15) is 4.31 Å². The molecular weight excluding hydrogens is 266 g/mol. The van der Waals surface area contributed by atoms with Crippen molar-refractivity contribution >= 4 is 15.9 Å². The predicted molar refractivity (Wildman–Crippen MR) is 75.3 cm³/mol. The van der Waals surface area contributed by atoms with E-state index in [9.17, 15) is 13.2 Å². The molecule has 1 aliphatic rings. The Morgan fingerprint density at radius 1 is 1.32 bits per heavy atom. The molecule has 0 unspecified atom stereocenters. The van der Waals surface area contributed by atoms with Crippen molar-refractivity contribution < 1.29 is 13.2 Å². The van der Waals surface area contributed by atoms with Crippen molar-refractivity contribution in [2.45, 2.75) is 26.7 Å². The number of hydrogen-bond donors (Lipinski definition) is 2. The van der Waals surface area contributed by atoms with E-state index in [1.165, 1.54) is 4.31 Å². The van der Waals surface area contributed by atoms with E-state index in [1.54, 1.807) is 0 Å². The van der Waals surface area contributed by atoms with Gasteiger partial charge in [-0.15, -0.1) is 0 Å². The topological polar surface area (TPSA) is 78.5 Å². The van der Waals surface area contributed by atoms with Crippen LogP contribution in [0.1, 0.15) is 26.7 Å². The summed E-state index contributed by atoms with van der Waals surface area (Å²) in [4.78, 5) is 11.5. The molecule has 6 nitrogen and oxygen atoms in total. The maximum Gasteiger partial charge on any atom is 0.221 e. The van der Waals surface area contributed by atoms with Gasteiger partial charge in [0.1, 0.15) is 0 Å². The van der Waals surface area contributed by atoms with Crippen LogP contribution in [0, 0.1) is 5.92 Å². The standard InChI is InChI=1S/C12H25N3O3S/c1-11(2)3-5-14-12(16)4-10-19(17,18)15-8-6-13-7-9-15/h11,13H,3-10H2,1-2H3,(H,14,16). The summed E-state index contributed by atoms with van der Waals surface area (Å²) in [7, 11) is -3.29. The van der Waals surface area contributed by atoms with Gasteiger partial charge in [-0.25, -0.2) is 8.42 Å². The van der Waals surface area contributed by atoms with Crippen molar-refractivity contribution in [2.24, 2.45) is 5.92 Å². The van der Waals surface area contributed by atoms with Crippen molar-refractivity contribution in [2.75, 3.05) is 38.5 Å². The average Bonchev–Trinajstić information content (AvgIpc) is 2.37. The highest BCUT2D eigenvalue weighted by Gasteiger charge is 2.24. The lowest BCUT2D eigenvalue weighted by atomic mass is 10.1. The Balaban J connectivity index is 2.28. The van der Waals surface area contributed by atoms with Crippen molar-refractivity contribution in [1.29, 1.82) is 0 Å². The Bertz CT molecular complexity index is 376. The van der Waals surface area contributed by atoms with Crippen LogP contribution in [0.3, 0.4) is 0 Å². The van der Waals surface area contributed by atoms with E-state index in [4.69, 9.17) is 0 Å². The Kier molecular flexibility index (Phi) is 6.74. The summed E-state index contributed by atoms with van der Waals surface area (Å²) in [6.07, 6.45) is 0.959. The average molecular weight is 291 g/mol. The van der Waals surface area contributed by atoms with Gasteiger partial charge in [0.25, 0.3) is 0 Å². The van der Waals surface area contributed by atoms with Gasteiger partial charge < -0.3 is 10.6 Å². The molecule has 0 aliphatic carbocycles. The van der Waals surface area contributed by atoms with E-state index in [0.29, 0.717) is 38.6 Å². The molecule has 0 spiro atoms. The summed E-state index contributed by atoms with van der Waals surface area (Å²) in [5.74, 6) is 0.254. The molecule has 1 amide bonds. The molecule has 0 radical (unpaired) electrons. The van der Waals surface area contributed by atoms with E-state index < -0.39 is 10.0 Å². The highest BCUT2D eigenvalue weighted by atomic mass is 32.2. The van der Waals surface area contributed by atoms with Gasteiger partial charge in [-0.3, -0.25) is 4.79 Å². The number of rotatable bonds is 7. The zero-order valence-electron chi connectivity index (χ0n) is 11.8. The molecule has 0 bridgehead atoms. The van der Waals surface area contributed by atoms with Crippen molar-refractivity contribution in [3.8, 4) is 0 Å². The van der Waals surface area contributed by atoms with Gasteiger partial charge >= 0.3 is 0 Å². The third kappa shape index (κ3) is 6.35. The summed E-state index contributed by atoms with van der Waals surface area (Å²) < 4.78 is 25.4. The number of nitrogens with one attached hydrogen (secondary N) is 2. The third-order valence-electron chi connectivity index (χ3n) is 3.10. The van der Waals surface area contributed by atoms with Crippen LogP contribution < -0.4 is 10.6 Å². The lowest BCUT2D eigenvalue weighted by Gasteiger charge is -2.26. The zero-order valence-corrected chi connectivity index (χ0v) is 12.6. The van der Waals surface area contributed by atoms with Gasteiger partial charge in [-0.05, 0) is 12.3 Å². The van der Waals surface area contributed by atoms with Gasteiger partial charge in [0.2, 0.25) is 15.9 Å². The van der Waals surface area contributed by atoms with Crippen LogP contribution in [0.15, 0.2) is 0 Å². The number of piperazine rings is 1. The fourth-order valence-electron chi connectivity index (χ4n) is 1.86. The normalized spacial score (nSPS) is 17.6. The van der Waals surface area contributed by atoms with Gasteiger partial charge in [0, 0.05) is 39.1 Å². The fourth-order valence-corrected chi connectivity index (χ4v) is 3.30. The highest BCUT2D eigenvalue weighted by Crippen LogP contribution is 2.05. The van der Waals surface area contributed by atoms with E-state index in [1.807, 2.05) is 0 Å². The van der Waals surface area contributed by atoms with Crippen molar-refractivity contribution in [3.63, 3.8) is 0 Å². The van der Waals surface area contributed by atoms with E-state index in [0.717, 1.165) is 6.42 Å². The maximum atomic E-state index is 12.0. The SMILES string of the molecule is CC(C)CCNC(=O)CCS(=O)(=O)N1CCNCC1. The molecular formula is C12H25N3O3S. The number of amides is 1. The van der Waals surface area contributed by atoms with Crippen LogP contribution >= 0.6 is 0 Å². The van der Waals surface area contributed by atoms with Crippen molar-refractivity contribution in [3.05, 3.63) is 0 Å². The highest BCUT2D eigenvalue weighted by molar-refractivity contribution is 7.89. The Morgan fingerprint density at radius 3 is 2.53 bits per heavy atom. The van der Waals surface area contributed by atoms with Crippen LogP contribution in [0.4, 0.5) is 0 Å². The summed E-state index contributed by atoms with van der Waals surface area (Å²) >= 11 is 0. The number of carbonyl (C=O) groups is 1. The van der Waals surface area contributed by atoms with Crippen LogP contribution in [0.2, 0.25) is 0 Å². The van der Waals surface area contributed by atoms with Crippen LogP contribution in [0.5, 0.6) is 0 Å². The second-order valence-corrected chi connectivity index (χ2v) is 7.34. The third-order valence-corrected chi connectivity index (χ3v) is 4.97. The molecule has 0 aromatic carbocycles. The number of carbonyl (C=O) groups excluding carboxylic acids is 1. The lowest BCUT2D eigenvalue weighted by Crippen LogP contribution is -2.47. The monoisotopic (exact) mass is 291 g/mol. The van der Waals surface area contributed by atoms with Gasteiger partial charge in [-0.1, -0.05) is 13.8 Å². The summed E-state index contributed by atoms with van der Waals surface area (Å²) in [6, 6.07) is 0. The van der Waals surface area contributed by atoms with Crippen molar-refractivity contribution in [1.82, 2.24) is 14.9 Å². The van der Waals surface area contributed by atoms with Gasteiger partial charge in [0.05, 0.1) is 5.75 Å². The molecule has 0 saturated carbocycles. The minimum Gasteiger partial charge on any atom is -0.356 e. The summed E-state index contributed by atoms with van der Waals surface area (Å²) in [5, 5.41) is 5.86. The van der Waals surface area contributed by atoms with E-state index >= 15 is 0 Å². The molecule has 0 aromatic rings. The first-order chi connectivity index (χ1) is 8.92. The minimum atomic E-state index is -3.29.